The number of hydrogen-bond donors (Lipinski definition) is 2. The van der Waals surface area contributed by atoms with Crippen molar-refractivity contribution in [2.45, 2.75) is 122 Å². The van der Waals surface area contributed by atoms with Gasteiger partial charge in [-0.15, -0.1) is 0 Å². The second kappa shape index (κ2) is 20.9. The molecule has 61 heavy (non-hydrogen) atoms. The molecule has 2 aliphatic heterocycles. The first-order chi connectivity index (χ1) is 29.3. The van der Waals surface area contributed by atoms with Crippen molar-refractivity contribution in [1.82, 2.24) is 5.32 Å². The summed E-state index contributed by atoms with van der Waals surface area (Å²) in [7, 11) is -4.00. The average molecular weight is 843 g/mol. The number of fused-ring (bicyclic) bond motifs is 6. The van der Waals surface area contributed by atoms with E-state index in [1.807, 2.05) is 0 Å². The second-order valence-electron chi connectivity index (χ2n) is 17.9. The molecule has 0 saturated carbocycles. The van der Waals surface area contributed by atoms with Crippen LogP contribution in [0.15, 0.2) is 121 Å². The van der Waals surface area contributed by atoms with Gasteiger partial charge in [-0.2, -0.15) is 13.0 Å². The van der Waals surface area contributed by atoms with Gasteiger partial charge in [-0.1, -0.05) is 138 Å². The van der Waals surface area contributed by atoms with Crippen LogP contribution in [0.25, 0.3) is 21.5 Å². The van der Waals surface area contributed by atoms with Crippen LogP contribution in [0.2, 0.25) is 0 Å². The van der Waals surface area contributed by atoms with Gasteiger partial charge in [0.15, 0.2) is 5.71 Å². The Bertz CT molecular complexity index is 2440. The maximum absolute atomic E-state index is 12.5. The molecule has 4 aromatic rings. The molecule has 0 bridgehead atoms. The topological polar surface area (TPSA) is 89.7 Å². The van der Waals surface area contributed by atoms with E-state index in [1.165, 1.54) is 76.2 Å². The third-order valence-corrected chi connectivity index (χ3v) is 13.4. The number of anilines is 1. The fraction of sp³-hybridized carbons (Fsp3) is 0.434. The standard InChI is InChI=1S/C53H67N3O4S/c1-6-7-8-9-13-22-37-54-49(57)32-17-14-23-38-55-45-35-33-41-26-18-20-28-43(41)50(45)52(2,3)47(55)30-15-11-10-12-16-31-48-53(4,5)51-44-29-21-19-27-42(44)34-36-46(51)56(48)39-24-25-40-61(58,59)60/h10-12,15-16,18-21,26-31,33-36H,6-9,13-14,17,22-25,32,37-40H2,1-5H3,(H-,54,57,58,59,60)/p+1. The number of nitrogens with one attached hydrogen (secondary N) is 1. The van der Waals surface area contributed by atoms with Crippen LogP contribution in [0.5, 0.6) is 0 Å². The molecule has 2 heterocycles. The first kappa shape index (κ1) is 45.7. The quantitative estimate of drug-likeness (QED) is 0.0356. The Morgan fingerprint density at radius 1 is 0.705 bits per heavy atom. The normalized spacial score (nSPS) is 16.6. The van der Waals surface area contributed by atoms with Crippen LogP contribution in [0.4, 0.5) is 11.4 Å². The monoisotopic (exact) mass is 842 g/mol. The van der Waals surface area contributed by atoms with Crippen molar-refractivity contribution in [1.29, 1.82) is 0 Å². The summed E-state index contributed by atoms with van der Waals surface area (Å²) in [5.41, 5.74) is 7.01. The molecular weight excluding hydrogens is 775 g/mol. The minimum absolute atomic E-state index is 0.177. The molecule has 0 saturated heterocycles. The van der Waals surface area contributed by atoms with Crippen LogP contribution >= 0.6 is 0 Å². The maximum Gasteiger partial charge on any atom is 0.264 e. The van der Waals surface area contributed by atoms with Gasteiger partial charge in [0.1, 0.15) is 6.54 Å². The van der Waals surface area contributed by atoms with Gasteiger partial charge in [0, 0.05) is 60.4 Å². The predicted octanol–water partition coefficient (Wildman–Crippen LogP) is 12.4. The molecule has 6 rings (SSSR count). The van der Waals surface area contributed by atoms with Crippen LogP contribution in [0, 0.1) is 0 Å². The molecule has 0 unspecified atom stereocenters. The number of hydrogen-bond acceptors (Lipinski definition) is 4. The van der Waals surface area contributed by atoms with Gasteiger partial charge in [-0.25, -0.2) is 0 Å². The lowest BCUT2D eigenvalue weighted by molar-refractivity contribution is -0.438. The molecule has 0 fully saturated rings. The summed E-state index contributed by atoms with van der Waals surface area (Å²) in [6.45, 7) is 13.8. The Morgan fingerprint density at radius 2 is 1.34 bits per heavy atom. The fourth-order valence-electron chi connectivity index (χ4n) is 9.55. The van der Waals surface area contributed by atoms with E-state index in [4.69, 9.17) is 0 Å². The predicted molar refractivity (Wildman–Crippen MR) is 257 cm³/mol. The minimum Gasteiger partial charge on any atom is -0.356 e. The summed E-state index contributed by atoms with van der Waals surface area (Å²) in [5, 5.41) is 8.11. The van der Waals surface area contributed by atoms with Crippen LogP contribution in [-0.4, -0.2) is 54.6 Å². The van der Waals surface area contributed by atoms with Gasteiger partial charge in [-0.3, -0.25) is 9.35 Å². The summed E-state index contributed by atoms with van der Waals surface area (Å²) >= 11 is 0. The van der Waals surface area contributed by atoms with Crippen molar-refractivity contribution in [2.24, 2.45) is 0 Å². The highest BCUT2D eigenvalue weighted by Crippen LogP contribution is 2.51. The highest BCUT2D eigenvalue weighted by Gasteiger charge is 2.45. The summed E-state index contributed by atoms with van der Waals surface area (Å²) in [5.74, 6) is -0.0563. The van der Waals surface area contributed by atoms with E-state index in [-0.39, 0.29) is 22.5 Å². The Kier molecular flexibility index (Phi) is 15.6. The van der Waals surface area contributed by atoms with Crippen LogP contribution in [0.3, 0.4) is 0 Å². The first-order valence-electron chi connectivity index (χ1n) is 22.8. The van der Waals surface area contributed by atoms with E-state index in [0.29, 0.717) is 25.8 Å². The van der Waals surface area contributed by atoms with Crippen LogP contribution < -0.4 is 10.2 Å². The molecule has 0 radical (unpaired) electrons. The Hall–Kier alpha value is -4.79. The molecule has 0 spiro atoms. The van der Waals surface area contributed by atoms with Crippen LogP contribution in [-0.2, 0) is 25.7 Å². The van der Waals surface area contributed by atoms with Gasteiger partial charge in [0.05, 0.1) is 11.2 Å². The summed E-state index contributed by atoms with van der Waals surface area (Å²) < 4.78 is 34.7. The Balaban J connectivity index is 1.15. The van der Waals surface area contributed by atoms with E-state index in [9.17, 15) is 17.8 Å². The fourth-order valence-corrected chi connectivity index (χ4v) is 10.1. The van der Waals surface area contributed by atoms with E-state index in [1.54, 1.807) is 0 Å². The first-order valence-corrected chi connectivity index (χ1v) is 24.4. The molecule has 324 valence electrons. The number of nitrogens with zero attached hydrogens (tertiary/aromatic N) is 2. The van der Waals surface area contributed by atoms with E-state index in [2.05, 4.69) is 165 Å². The minimum atomic E-state index is -4.00. The van der Waals surface area contributed by atoms with Crippen molar-refractivity contribution in [3.8, 4) is 0 Å². The van der Waals surface area contributed by atoms with Crippen molar-refractivity contribution in [3.63, 3.8) is 0 Å². The van der Waals surface area contributed by atoms with Crippen LogP contribution in [0.1, 0.15) is 123 Å². The second-order valence-corrected chi connectivity index (χ2v) is 19.5. The summed E-state index contributed by atoms with van der Waals surface area (Å²) in [4.78, 5) is 14.9. The zero-order valence-corrected chi connectivity index (χ0v) is 38.1. The average Bonchev–Trinajstić information content (AvgIpc) is 3.59. The van der Waals surface area contributed by atoms with Crippen molar-refractivity contribution >= 4 is 54.7 Å². The number of rotatable bonds is 22. The lowest BCUT2D eigenvalue weighted by Crippen LogP contribution is -2.28. The number of amides is 1. The molecule has 4 aromatic carbocycles. The van der Waals surface area contributed by atoms with Gasteiger partial charge in [0.25, 0.3) is 10.1 Å². The molecule has 0 aromatic heterocycles. The smallest absolute Gasteiger partial charge is 0.264 e. The van der Waals surface area contributed by atoms with Crippen molar-refractivity contribution < 1.29 is 22.3 Å². The highest BCUT2D eigenvalue weighted by molar-refractivity contribution is 7.85. The number of carbonyl (C=O) groups is 1. The van der Waals surface area contributed by atoms with Crippen molar-refractivity contribution in [3.05, 3.63) is 132 Å². The number of carbonyl (C=O) groups excluding carboxylic acids is 1. The Morgan fingerprint density at radius 3 is 2.08 bits per heavy atom. The highest BCUT2D eigenvalue weighted by atomic mass is 32.2. The van der Waals surface area contributed by atoms with Gasteiger partial charge >= 0.3 is 0 Å². The van der Waals surface area contributed by atoms with Gasteiger partial charge < -0.3 is 10.2 Å². The number of allylic oxidation sites excluding steroid dienone is 8. The van der Waals surface area contributed by atoms with Gasteiger partial charge in [0.2, 0.25) is 11.6 Å². The third kappa shape index (κ3) is 11.2. The molecule has 2 aliphatic rings. The summed E-state index contributed by atoms with van der Waals surface area (Å²) in [6, 6.07) is 26.0. The molecule has 2 N–H and O–H groups in total. The number of benzene rings is 4. The third-order valence-electron chi connectivity index (χ3n) is 12.6. The largest absolute Gasteiger partial charge is 0.356 e. The van der Waals surface area contributed by atoms with E-state index >= 15 is 0 Å². The molecule has 7 nitrogen and oxygen atoms in total. The Labute approximate surface area is 365 Å². The van der Waals surface area contributed by atoms with E-state index < -0.39 is 10.1 Å². The van der Waals surface area contributed by atoms with E-state index in [0.717, 1.165) is 50.2 Å². The zero-order valence-electron chi connectivity index (χ0n) is 37.3. The SMILES string of the molecule is CCCCCCCCNC(=O)CCCCC[N+]1=C(C=CC=CC=CC=C2N(CCCCS(=O)(=O)O)c3ccc4ccccc4c3C2(C)C)C(C)(C)c2c1ccc1ccccc21. The lowest BCUT2D eigenvalue weighted by Gasteiger charge is -2.27. The van der Waals surface area contributed by atoms with Crippen molar-refractivity contribution in [2.75, 3.05) is 30.3 Å². The zero-order chi connectivity index (χ0) is 43.5. The molecule has 0 atom stereocenters. The van der Waals surface area contributed by atoms with Gasteiger partial charge in [-0.05, 0) is 91.3 Å². The lowest BCUT2D eigenvalue weighted by atomic mass is 9.79. The molecule has 0 aliphatic carbocycles. The molecule has 1 amide bonds. The molecular formula is C53H68N3O4S+. The number of unbranched alkanes of at least 4 members (excludes halogenated alkanes) is 8. The summed E-state index contributed by atoms with van der Waals surface area (Å²) in [6.07, 6.45) is 26.8. The molecule has 8 heteroatoms. The maximum atomic E-state index is 12.5.